The minimum Gasteiger partial charge on any atom is -0.344 e. The Balaban J connectivity index is 2.38. The molecular weight excluding hydrogens is 158 g/mol. The fourth-order valence-corrected chi connectivity index (χ4v) is 3.13. The highest BCUT2D eigenvalue weighted by atomic mass is 32.2. The summed E-state index contributed by atoms with van der Waals surface area (Å²) in [4.78, 5) is 0. The van der Waals surface area contributed by atoms with Gasteiger partial charge in [0.05, 0.1) is 0 Å². The van der Waals surface area contributed by atoms with Gasteiger partial charge in [0.15, 0.2) is 5.60 Å². The number of nitriles is 1. The molecule has 2 atom stereocenters. The first-order valence-electron chi connectivity index (χ1n) is 3.73. The second-order valence-electron chi connectivity index (χ2n) is 3.87. The number of ether oxygens (including phenoxy) is 1. The van der Waals surface area contributed by atoms with Crippen LogP contribution in [0.15, 0.2) is 0 Å². The number of nitrogens with zero attached hydrogens (tertiary/aromatic N) is 1. The van der Waals surface area contributed by atoms with Crippen LogP contribution in [0.1, 0.15) is 20.8 Å². The molecule has 2 nitrogen and oxygen atoms in total. The van der Waals surface area contributed by atoms with E-state index in [1.54, 1.807) is 0 Å². The van der Waals surface area contributed by atoms with E-state index in [4.69, 9.17) is 10.00 Å². The van der Waals surface area contributed by atoms with Crippen molar-refractivity contribution in [2.45, 2.75) is 36.7 Å². The van der Waals surface area contributed by atoms with Crippen LogP contribution in [-0.2, 0) is 4.74 Å². The molecule has 2 aliphatic rings. The van der Waals surface area contributed by atoms with Gasteiger partial charge in [-0.2, -0.15) is 5.26 Å². The molecule has 11 heavy (non-hydrogen) atoms. The second kappa shape index (κ2) is 1.60. The lowest BCUT2D eigenvalue weighted by Crippen LogP contribution is -2.33. The lowest BCUT2D eigenvalue weighted by Gasteiger charge is -2.23. The molecule has 2 heterocycles. The van der Waals surface area contributed by atoms with Crippen LogP contribution in [0.4, 0.5) is 0 Å². The summed E-state index contributed by atoms with van der Waals surface area (Å²) in [6.07, 6.45) is 0. The maximum absolute atomic E-state index is 8.88. The highest BCUT2D eigenvalue weighted by Crippen LogP contribution is 2.66. The van der Waals surface area contributed by atoms with Crippen LogP contribution in [-0.4, -0.2) is 21.7 Å². The molecule has 0 bridgehead atoms. The van der Waals surface area contributed by atoms with Gasteiger partial charge < -0.3 is 4.74 Å². The molecule has 0 radical (unpaired) electrons. The maximum atomic E-state index is 8.88. The van der Waals surface area contributed by atoms with Gasteiger partial charge in [0.2, 0.25) is 0 Å². The summed E-state index contributed by atoms with van der Waals surface area (Å²) in [5.41, 5.74) is -0.652. The first-order chi connectivity index (χ1) is 4.97. The average Bonchev–Trinajstić information content (AvgIpc) is 2.50. The Kier molecular flexibility index (Phi) is 1.08. The first kappa shape index (κ1) is 7.45. The Morgan fingerprint density at radius 3 is 2.27 bits per heavy atom. The number of hydrogen-bond donors (Lipinski definition) is 0. The van der Waals surface area contributed by atoms with Gasteiger partial charge in [-0.25, -0.2) is 0 Å². The van der Waals surface area contributed by atoms with E-state index >= 15 is 0 Å². The molecule has 3 heteroatoms. The van der Waals surface area contributed by atoms with Crippen molar-refractivity contribution in [1.82, 2.24) is 0 Å². The lowest BCUT2D eigenvalue weighted by molar-refractivity contribution is 0.260. The summed E-state index contributed by atoms with van der Waals surface area (Å²) < 4.78 is 5.61. The Bertz CT molecular complexity index is 253. The Hall–Kier alpha value is -0.200. The Morgan fingerprint density at radius 2 is 2.09 bits per heavy atom. The molecule has 0 aromatic rings. The fraction of sp³-hybridized carbons (Fsp3) is 0.875. The summed E-state index contributed by atoms with van der Waals surface area (Å²) in [5, 5.41) is 8.88. The third-order valence-electron chi connectivity index (χ3n) is 3.07. The monoisotopic (exact) mass is 169 g/mol. The van der Waals surface area contributed by atoms with E-state index in [1.807, 2.05) is 18.7 Å². The third kappa shape index (κ3) is 0.590. The summed E-state index contributed by atoms with van der Waals surface area (Å²) >= 11 is 1.83. The number of epoxide rings is 1. The van der Waals surface area contributed by atoms with Crippen LogP contribution < -0.4 is 0 Å². The van der Waals surface area contributed by atoms with Gasteiger partial charge in [-0.1, -0.05) is 0 Å². The molecule has 2 rings (SSSR count). The Morgan fingerprint density at radius 1 is 1.45 bits per heavy atom. The smallest absolute Gasteiger partial charge is 0.193 e. The van der Waals surface area contributed by atoms with Crippen LogP contribution in [0.5, 0.6) is 0 Å². The molecule has 2 saturated heterocycles. The molecule has 0 aromatic heterocycles. The summed E-state index contributed by atoms with van der Waals surface area (Å²) in [6.45, 7) is 6.32. The Labute approximate surface area is 70.9 Å². The summed E-state index contributed by atoms with van der Waals surface area (Å²) in [7, 11) is 0. The minimum absolute atomic E-state index is 0.0999. The van der Waals surface area contributed by atoms with Crippen LogP contribution in [0, 0.1) is 11.3 Å². The van der Waals surface area contributed by atoms with Gasteiger partial charge in [-0.15, -0.1) is 11.8 Å². The summed E-state index contributed by atoms with van der Waals surface area (Å²) in [6, 6.07) is 2.27. The van der Waals surface area contributed by atoms with E-state index in [9.17, 15) is 0 Å². The molecule has 0 N–H and O–H groups in total. The average molecular weight is 169 g/mol. The maximum Gasteiger partial charge on any atom is 0.193 e. The van der Waals surface area contributed by atoms with Crippen molar-refractivity contribution in [1.29, 1.82) is 5.26 Å². The van der Waals surface area contributed by atoms with Gasteiger partial charge in [0.1, 0.15) is 11.7 Å². The lowest BCUT2D eigenvalue weighted by atomic mass is 9.87. The predicted molar refractivity (Wildman–Crippen MR) is 44.4 cm³/mol. The van der Waals surface area contributed by atoms with E-state index in [1.165, 1.54) is 0 Å². The van der Waals surface area contributed by atoms with Crippen molar-refractivity contribution in [3.8, 4) is 6.07 Å². The van der Waals surface area contributed by atoms with E-state index in [0.717, 1.165) is 5.75 Å². The second-order valence-corrected chi connectivity index (χ2v) is 5.47. The van der Waals surface area contributed by atoms with E-state index in [2.05, 4.69) is 19.9 Å². The van der Waals surface area contributed by atoms with Crippen LogP contribution in [0.3, 0.4) is 0 Å². The quantitative estimate of drug-likeness (QED) is 0.516. The first-order valence-corrected chi connectivity index (χ1v) is 4.71. The van der Waals surface area contributed by atoms with Crippen LogP contribution in [0.25, 0.3) is 0 Å². The van der Waals surface area contributed by atoms with Crippen LogP contribution >= 0.6 is 11.8 Å². The molecular formula is C8H11NOS. The molecule has 0 spiro atoms. The number of hydrogen-bond acceptors (Lipinski definition) is 3. The standard InChI is InChI=1S/C8H11NOS/c1-6(2)7(3)8(4-9,10-7)5-11-6/h5H2,1-3H3. The molecule has 2 aliphatic heterocycles. The summed E-state index contributed by atoms with van der Waals surface area (Å²) in [5.74, 6) is 0.826. The molecule has 0 saturated carbocycles. The fourth-order valence-electron chi connectivity index (χ4n) is 1.68. The zero-order valence-corrected chi connectivity index (χ0v) is 7.79. The van der Waals surface area contributed by atoms with Gasteiger partial charge >= 0.3 is 0 Å². The van der Waals surface area contributed by atoms with Crippen molar-refractivity contribution in [3.05, 3.63) is 0 Å². The largest absolute Gasteiger partial charge is 0.344 e. The number of rotatable bonds is 0. The van der Waals surface area contributed by atoms with E-state index < -0.39 is 5.60 Å². The van der Waals surface area contributed by atoms with Gasteiger partial charge in [0.25, 0.3) is 0 Å². The van der Waals surface area contributed by atoms with Gasteiger partial charge in [-0.05, 0) is 20.8 Å². The van der Waals surface area contributed by atoms with Crippen molar-refractivity contribution in [2.75, 3.05) is 5.75 Å². The molecule has 2 fully saturated rings. The number of fused-ring (bicyclic) bond motifs is 1. The normalized spacial score (nSPS) is 51.5. The van der Waals surface area contributed by atoms with Crippen molar-refractivity contribution in [3.63, 3.8) is 0 Å². The highest BCUT2D eigenvalue weighted by Gasteiger charge is 2.78. The predicted octanol–water partition coefficient (Wildman–Crippen LogP) is 1.56. The third-order valence-corrected chi connectivity index (χ3v) is 4.74. The van der Waals surface area contributed by atoms with Gasteiger partial charge in [-0.3, -0.25) is 0 Å². The van der Waals surface area contributed by atoms with Crippen molar-refractivity contribution >= 4 is 11.8 Å². The zero-order valence-electron chi connectivity index (χ0n) is 6.97. The molecule has 60 valence electrons. The zero-order chi connectivity index (χ0) is 8.33. The minimum atomic E-state index is -0.457. The van der Waals surface area contributed by atoms with Gasteiger partial charge in [0, 0.05) is 10.5 Å². The van der Waals surface area contributed by atoms with Crippen molar-refractivity contribution < 1.29 is 4.74 Å². The molecule has 2 unspecified atom stereocenters. The van der Waals surface area contributed by atoms with Crippen LogP contribution in [0.2, 0.25) is 0 Å². The molecule has 0 aliphatic carbocycles. The number of thioether (sulfide) groups is 1. The van der Waals surface area contributed by atoms with Crippen molar-refractivity contribution in [2.24, 2.45) is 0 Å². The molecule has 0 amide bonds. The molecule has 0 aromatic carbocycles. The highest BCUT2D eigenvalue weighted by molar-refractivity contribution is 8.01. The SMILES string of the molecule is CC1(C)SCC2(C#N)OC21C. The topological polar surface area (TPSA) is 36.3 Å². The van der Waals surface area contributed by atoms with E-state index in [-0.39, 0.29) is 10.3 Å². The van der Waals surface area contributed by atoms with E-state index in [0.29, 0.717) is 0 Å².